The van der Waals surface area contributed by atoms with Crippen molar-refractivity contribution in [2.75, 3.05) is 20.2 Å². The molecule has 0 bridgehead atoms. The van der Waals surface area contributed by atoms with E-state index in [2.05, 4.69) is 29.6 Å². The van der Waals surface area contributed by atoms with Crippen LogP contribution in [0.5, 0.6) is 0 Å². The fourth-order valence-corrected chi connectivity index (χ4v) is 4.33. The molecule has 182 valence electrons. The number of furan rings is 1. The molecule has 0 radical (unpaired) electrons. The number of amides is 2. The Morgan fingerprint density at radius 3 is 2.26 bits per heavy atom. The standard InChI is InChI=1S/C27H28N2O6/c1-29(16-18-13-14-24(35-18)26(31)32)25(30)12-6-7-15-28-27(33)34-17-23-21-10-4-2-8-19(21)20-9-3-5-11-22(20)23/h2-5,8-11,13-14,23H,6-7,12,15-17H2,1H3,(H,28,33)(H,31,32). The zero-order chi connectivity index (χ0) is 24.8. The van der Waals surface area contributed by atoms with Gasteiger partial charge in [0.15, 0.2) is 0 Å². The Labute approximate surface area is 203 Å². The smallest absolute Gasteiger partial charge is 0.407 e. The van der Waals surface area contributed by atoms with E-state index < -0.39 is 12.1 Å². The lowest BCUT2D eigenvalue weighted by Gasteiger charge is -2.16. The van der Waals surface area contributed by atoms with Crippen molar-refractivity contribution in [3.63, 3.8) is 0 Å². The molecule has 3 aromatic rings. The van der Waals surface area contributed by atoms with Crippen molar-refractivity contribution in [2.45, 2.75) is 31.7 Å². The van der Waals surface area contributed by atoms with Crippen LogP contribution < -0.4 is 5.32 Å². The average molecular weight is 477 g/mol. The fraction of sp³-hybridized carbons (Fsp3) is 0.296. The Hall–Kier alpha value is -4.07. The third-order valence-electron chi connectivity index (χ3n) is 6.12. The first-order valence-electron chi connectivity index (χ1n) is 11.6. The van der Waals surface area contributed by atoms with Gasteiger partial charge in [-0.2, -0.15) is 0 Å². The maximum absolute atomic E-state index is 12.3. The number of unbranched alkanes of at least 4 members (excludes halogenated alkanes) is 1. The summed E-state index contributed by atoms with van der Waals surface area (Å²) in [6.45, 7) is 0.872. The molecule has 2 aromatic carbocycles. The molecule has 0 saturated heterocycles. The van der Waals surface area contributed by atoms with Crippen LogP contribution in [-0.2, 0) is 16.1 Å². The number of aromatic carboxylic acids is 1. The molecule has 0 saturated carbocycles. The van der Waals surface area contributed by atoms with Crippen LogP contribution in [0.3, 0.4) is 0 Å². The molecule has 1 aliphatic carbocycles. The zero-order valence-corrected chi connectivity index (χ0v) is 19.5. The van der Waals surface area contributed by atoms with Gasteiger partial charge in [0, 0.05) is 25.9 Å². The minimum Gasteiger partial charge on any atom is -0.475 e. The predicted octanol–water partition coefficient (Wildman–Crippen LogP) is 4.65. The van der Waals surface area contributed by atoms with Crippen LogP contribution in [-0.4, -0.2) is 48.2 Å². The summed E-state index contributed by atoms with van der Waals surface area (Å²) in [6.07, 6.45) is 1.08. The second-order valence-electron chi connectivity index (χ2n) is 8.53. The van der Waals surface area contributed by atoms with Crippen molar-refractivity contribution < 1.29 is 28.6 Å². The van der Waals surface area contributed by atoms with E-state index in [4.69, 9.17) is 14.3 Å². The number of fused-ring (bicyclic) bond motifs is 3. The third kappa shape index (κ3) is 5.71. The van der Waals surface area contributed by atoms with Crippen molar-refractivity contribution >= 4 is 18.0 Å². The number of nitrogens with zero attached hydrogens (tertiary/aromatic N) is 1. The van der Waals surface area contributed by atoms with Gasteiger partial charge in [-0.1, -0.05) is 48.5 Å². The number of nitrogens with one attached hydrogen (secondary N) is 1. The van der Waals surface area contributed by atoms with Gasteiger partial charge < -0.3 is 24.5 Å². The lowest BCUT2D eigenvalue weighted by atomic mass is 9.98. The van der Waals surface area contributed by atoms with Crippen LogP contribution in [0.25, 0.3) is 11.1 Å². The second-order valence-corrected chi connectivity index (χ2v) is 8.53. The number of carboxylic acid groups (broad SMARTS) is 1. The molecule has 0 aliphatic heterocycles. The summed E-state index contributed by atoms with van der Waals surface area (Å²) < 4.78 is 10.7. The topological polar surface area (TPSA) is 109 Å². The van der Waals surface area contributed by atoms with Crippen LogP contribution in [0, 0.1) is 0 Å². The van der Waals surface area contributed by atoms with E-state index in [1.54, 1.807) is 13.1 Å². The predicted molar refractivity (Wildman–Crippen MR) is 129 cm³/mol. The average Bonchev–Trinajstić information content (AvgIpc) is 3.45. The Kier molecular flexibility index (Phi) is 7.50. The fourth-order valence-electron chi connectivity index (χ4n) is 4.33. The third-order valence-corrected chi connectivity index (χ3v) is 6.12. The Balaban J connectivity index is 1.15. The van der Waals surface area contributed by atoms with Crippen LogP contribution in [0.2, 0.25) is 0 Å². The van der Waals surface area contributed by atoms with Gasteiger partial charge in [0.25, 0.3) is 0 Å². The summed E-state index contributed by atoms with van der Waals surface area (Å²) in [5.74, 6) is -0.953. The highest BCUT2D eigenvalue weighted by atomic mass is 16.5. The highest BCUT2D eigenvalue weighted by molar-refractivity contribution is 5.84. The maximum atomic E-state index is 12.3. The first kappa shape index (κ1) is 24.1. The van der Waals surface area contributed by atoms with Crippen LogP contribution in [0.15, 0.2) is 65.1 Å². The van der Waals surface area contributed by atoms with Gasteiger partial charge in [-0.25, -0.2) is 9.59 Å². The molecule has 35 heavy (non-hydrogen) atoms. The van der Waals surface area contributed by atoms with E-state index in [-0.39, 0.29) is 30.7 Å². The van der Waals surface area contributed by atoms with E-state index in [1.807, 2.05) is 24.3 Å². The largest absolute Gasteiger partial charge is 0.475 e. The van der Waals surface area contributed by atoms with E-state index >= 15 is 0 Å². The number of alkyl carbamates (subject to hydrolysis) is 1. The Bertz CT molecular complexity index is 1170. The minimum absolute atomic E-state index is 0.0158. The van der Waals surface area contributed by atoms with E-state index in [1.165, 1.54) is 22.1 Å². The minimum atomic E-state index is -1.14. The van der Waals surface area contributed by atoms with Crippen molar-refractivity contribution in [3.05, 3.63) is 83.3 Å². The maximum Gasteiger partial charge on any atom is 0.407 e. The summed E-state index contributed by atoms with van der Waals surface area (Å²) in [5, 5.41) is 11.7. The van der Waals surface area contributed by atoms with Crippen LogP contribution >= 0.6 is 0 Å². The van der Waals surface area contributed by atoms with E-state index in [0.29, 0.717) is 31.6 Å². The number of carbonyl (C=O) groups is 3. The Morgan fingerprint density at radius 1 is 0.971 bits per heavy atom. The molecule has 0 spiro atoms. The van der Waals surface area contributed by atoms with Crippen molar-refractivity contribution in [3.8, 4) is 11.1 Å². The van der Waals surface area contributed by atoms with Gasteiger partial charge in [0.05, 0.1) is 6.54 Å². The number of carboxylic acids is 1. The molecular formula is C27H28N2O6. The second kappa shape index (κ2) is 10.9. The molecule has 0 unspecified atom stereocenters. The molecule has 8 nitrogen and oxygen atoms in total. The number of ether oxygens (including phenoxy) is 1. The monoisotopic (exact) mass is 476 g/mol. The van der Waals surface area contributed by atoms with Crippen LogP contribution in [0.1, 0.15) is 52.6 Å². The molecule has 0 atom stereocenters. The zero-order valence-electron chi connectivity index (χ0n) is 19.5. The normalized spacial score (nSPS) is 12.0. The molecular weight excluding hydrogens is 448 g/mol. The van der Waals surface area contributed by atoms with Crippen molar-refractivity contribution in [1.82, 2.24) is 10.2 Å². The Morgan fingerprint density at radius 2 is 1.63 bits per heavy atom. The SMILES string of the molecule is CN(Cc1ccc(C(=O)O)o1)C(=O)CCCCNC(=O)OCC1c2ccccc2-c2ccccc21. The molecule has 0 fully saturated rings. The summed E-state index contributed by atoms with van der Waals surface area (Å²) in [5.41, 5.74) is 4.69. The van der Waals surface area contributed by atoms with Gasteiger partial charge in [0.1, 0.15) is 12.4 Å². The number of hydrogen-bond acceptors (Lipinski definition) is 5. The van der Waals surface area contributed by atoms with Gasteiger partial charge in [-0.15, -0.1) is 0 Å². The molecule has 2 N–H and O–H groups in total. The quantitative estimate of drug-likeness (QED) is 0.413. The van der Waals surface area contributed by atoms with E-state index in [9.17, 15) is 14.4 Å². The number of benzene rings is 2. The molecule has 2 amide bonds. The summed E-state index contributed by atoms with van der Waals surface area (Å²) >= 11 is 0. The number of hydrogen-bond donors (Lipinski definition) is 2. The highest BCUT2D eigenvalue weighted by Gasteiger charge is 2.28. The van der Waals surface area contributed by atoms with Crippen molar-refractivity contribution in [2.24, 2.45) is 0 Å². The van der Waals surface area contributed by atoms with Gasteiger partial charge in [0.2, 0.25) is 11.7 Å². The lowest BCUT2D eigenvalue weighted by Crippen LogP contribution is -2.28. The highest BCUT2D eigenvalue weighted by Crippen LogP contribution is 2.44. The van der Waals surface area contributed by atoms with Crippen molar-refractivity contribution in [1.29, 1.82) is 0 Å². The summed E-state index contributed by atoms with van der Waals surface area (Å²) in [7, 11) is 1.64. The molecule has 1 heterocycles. The molecule has 8 heteroatoms. The lowest BCUT2D eigenvalue weighted by molar-refractivity contribution is -0.130. The molecule has 1 aliphatic rings. The molecule has 1 aromatic heterocycles. The van der Waals surface area contributed by atoms with E-state index in [0.717, 1.165) is 11.1 Å². The first-order valence-corrected chi connectivity index (χ1v) is 11.6. The van der Waals surface area contributed by atoms with Gasteiger partial charge in [-0.3, -0.25) is 4.79 Å². The summed E-state index contributed by atoms with van der Waals surface area (Å²) in [4.78, 5) is 36.9. The molecule has 4 rings (SSSR count). The van der Waals surface area contributed by atoms with Crippen LogP contribution in [0.4, 0.5) is 4.79 Å². The summed E-state index contributed by atoms with van der Waals surface area (Å²) in [6, 6.07) is 19.3. The number of carbonyl (C=O) groups excluding carboxylic acids is 2. The number of rotatable bonds is 10. The first-order chi connectivity index (χ1) is 16.9. The van der Waals surface area contributed by atoms with Gasteiger partial charge >= 0.3 is 12.1 Å². The van der Waals surface area contributed by atoms with Gasteiger partial charge in [-0.05, 0) is 47.2 Å².